The molecule has 1 aliphatic rings. The molecular formula is C27H25N5O3. The number of nitrogens with one attached hydrogen (secondary N) is 2. The van der Waals surface area contributed by atoms with Crippen LogP contribution in [-0.4, -0.2) is 39.1 Å². The fraction of sp³-hybridized carbons (Fsp3) is 0.185. The summed E-state index contributed by atoms with van der Waals surface area (Å²) in [6, 6.07) is 22.5. The van der Waals surface area contributed by atoms with E-state index in [9.17, 15) is 9.59 Å². The fourth-order valence-corrected chi connectivity index (χ4v) is 4.07. The van der Waals surface area contributed by atoms with Gasteiger partial charge in [0.2, 0.25) is 5.91 Å². The number of aromatic nitrogens is 2. The average Bonchev–Trinajstić information content (AvgIpc) is 3.48. The molecule has 8 nitrogen and oxygen atoms in total. The van der Waals surface area contributed by atoms with Crippen LogP contribution in [0, 0.1) is 6.92 Å². The number of anilines is 1. The molecule has 5 rings (SSSR count). The standard InChI is InChI=1S/C27H25N5O3/c1-17-7-9-19(10-8-17)25-15-24(27-29-22-5-3-4-6-23(22)30-27)31-32(25)26(34)16-35-21-13-11-20(12-14-21)28-18(2)33/h3-14,25H,15-16H2,1-2H3,(H,28,33)(H,29,30). The molecule has 0 aliphatic carbocycles. The van der Waals surface area contributed by atoms with E-state index < -0.39 is 0 Å². The minimum absolute atomic E-state index is 0.150. The monoisotopic (exact) mass is 467 g/mol. The molecule has 0 radical (unpaired) electrons. The number of ether oxygens (including phenoxy) is 1. The van der Waals surface area contributed by atoms with E-state index in [1.54, 1.807) is 24.3 Å². The number of hydrazone groups is 1. The number of benzene rings is 3. The zero-order valence-corrected chi connectivity index (χ0v) is 19.5. The summed E-state index contributed by atoms with van der Waals surface area (Å²) in [6.07, 6.45) is 0.542. The molecule has 2 N–H and O–H groups in total. The van der Waals surface area contributed by atoms with Gasteiger partial charge in [-0.1, -0.05) is 42.0 Å². The van der Waals surface area contributed by atoms with Crippen LogP contribution in [0.15, 0.2) is 77.9 Å². The number of H-pyrrole nitrogens is 1. The van der Waals surface area contributed by atoms with Crippen molar-refractivity contribution in [1.82, 2.24) is 15.0 Å². The van der Waals surface area contributed by atoms with E-state index in [1.165, 1.54) is 11.9 Å². The van der Waals surface area contributed by atoms with Crippen LogP contribution >= 0.6 is 0 Å². The Morgan fingerprint density at radius 2 is 1.80 bits per heavy atom. The SMILES string of the molecule is CC(=O)Nc1ccc(OCC(=O)N2N=C(c3nc4ccccc4[nH]3)CC2c2ccc(C)cc2)cc1. The first-order valence-corrected chi connectivity index (χ1v) is 11.4. The molecule has 176 valence electrons. The smallest absolute Gasteiger partial charge is 0.281 e. The van der Waals surface area contributed by atoms with E-state index in [4.69, 9.17) is 4.74 Å². The van der Waals surface area contributed by atoms with E-state index in [2.05, 4.69) is 20.4 Å². The third-order valence-electron chi connectivity index (χ3n) is 5.83. The molecule has 1 atom stereocenters. The van der Waals surface area contributed by atoms with Crippen LogP contribution in [-0.2, 0) is 9.59 Å². The Hall–Kier alpha value is -4.46. The summed E-state index contributed by atoms with van der Waals surface area (Å²) in [4.78, 5) is 32.4. The zero-order chi connectivity index (χ0) is 24.4. The highest BCUT2D eigenvalue weighted by molar-refractivity contribution is 6.02. The van der Waals surface area contributed by atoms with Crippen molar-refractivity contribution in [2.75, 3.05) is 11.9 Å². The first-order chi connectivity index (χ1) is 17.0. The Morgan fingerprint density at radius 3 is 2.51 bits per heavy atom. The van der Waals surface area contributed by atoms with Crippen LogP contribution in [0.3, 0.4) is 0 Å². The first kappa shape index (κ1) is 22.3. The second-order valence-electron chi connectivity index (χ2n) is 8.51. The molecule has 1 aliphatic heterocycles. The lowest BCUT2D eigenvalue weighted by atomic mass is 10.0. The summed E-state index contributed by atoms with van der Waals surface area (Å²) in [5.74, 6) is 0.781. The summed E-state index contributed by atoms with van der Waals surface area (Å²) in [5.41, 5.74) is 5.31. The van der Waals surface area contributed by atoms with Crippen molar-refractivity contribution in [2.24, 2.45) is 5.10 Å². The number of rotatable bonds is 6. The van der Waals surface area contributed by atoms with Gasteiger partial charge in [-0.05, 0) is 48.9 Å². The number of para-hydroxylation sites is 2. The summed E-state index contributed by atoms with van der Waals surface area (Å²) < 4.78 is 5.74. The maximum absolute atomic E-state index is 13.2. The number of aromatic amines is 1. The Morgan fingerprint density at radius 1 is 1.06 bits per heavy atom. The second-order valence-corrected chi connectivity index (χ2v) is 8.51. The second kappa shape index (κ2) is 9.42. The minimum atomic E-state index is -0.257. The lowest BCUT2D eigenvalue weighted by Gasteiger charge is -2.22. The Labute approximate surface area is 202 Å². The number of aryl methyl sites for hydroxylation is 1. The van der Waals surface area contributed by atoms with Gasteiger partial charge in [0.15, 0.2) is 12.4 Å². The summed E-state index contributed by atoms with van der Waals surface area (Å²) in [5, 5.41) is 8.87. The van der Waals surface area contributed by atoms with Crippen molar-refractivity contribution >= 4 is 34.2 Å². The van der Waals surface area contributed by atoms with E-state index >= 15 is 0 Å². The number of nitrogens with zero attached hydrogens (tertiary/aromatic N) is 3. The van der Waals surface area contributed by atoms with E-state index in [-0.39, 0.29) is 24.5 Å². The van der Waals surface area contributed by atoms with Crippen LogP contribution in [0.4, 0.5) is 5.69 Å². The molecule has 0 spiro atoms. The van der Waals surface area contributed by atoms with Gasteiger partial charge in [-0.3, -0.25) is 9.59 Å². The molecule has 0 fully saturated rings. The first-order valence-electron chi connectivity index (χ1n) is 11.4. The maximum atomic E-state index is 13.2. The number of imidazole rings is 1. The van der Waals surface area contributed by atoms with Gasteiger partial charge in [0, 0.05) is 19.0 Å². The van der Waals surface area contributed by atoms with Crippen LogP contribution in [0.5, 0.6) is 5.75 Å². The molecule has 4 aromatic rings. The number of hydrogen-bond acceptors (Lipinski definition) is 5. The molecule has 0 saturated heterocycles. The van der Waals surface area contributed by atoms with Gasteiger partial charge in [0.1, 0.15) is 11.5 Å². The third-order valence-corrected chi connectivity index (χ3v) is 5.83. The molecular weight excluding hydrogens is 442 g/mol. The van der Waals surface area contributed by atoms with Crippen molar-refractivity contribution in [3.8, 4) is 5.75 Å². The van der Waals surface area contributed by atoms with Gasteiger partial charge in [0.25, 0.3) is 5.91 Å². The number of carbonyl (C=O) groups is 2. The van der Waals surface area contributed by atoms with Gasteiger partial charge < -0.3 is 15.0 Å². The molecule has 3 aromatic carbocycles. The van der Waals surface area contributed by atoms with Crippen molar-refractivity contribution in [1.29, 1.82) is 0 Å². The van der Waals surface area contributed by atoms with Crippen molar-refractivity contribution in [2.45, 2.75) is 26.3 Å². The Bertz CT molecular complexity index is 1370. The average molecular weight is 468 g/mol. The lowest BCUT2D eigenvalue weighted by Crippen LogP contribution is -2.31. The van der Waals surface area contributed by atoms with Crippen molar-refractivity contribution in [3.63, 3.8) is 0 Å². The molecule has 2 amide bonds. The van der Waals surface area contributed by atoms with Crippen LogP contribution in [0.25, 0.3) is 11.0 Å². The predicted molar refractivity (Wildman–Crippen MR) is 134 cm³/mol. The van der Waals surface area contributed by atoms with Crippen molar-refractivity contribution < 1.29 is 14.3 Å². The number of hydrogen-bond donors (Lipinski definition) is 2. The van der Waals surface area contributed by atoms with Gasteiger partial charge in [-0.25, -0.2) is 9.99 Å². The lowest BCUT2D eigenvalue weighted by molar-refractivity contribution is -0.135. The van der Waals surface area contributed by atoms with Gasteiger partial charge >= 0.3 is 0 Å². The van der Waals surface area contributed by atoms with Gasteiger partial charge in [-0.15, -0.1) is 0 Å². The minimum Gasteiger partial charge on any atom is -0.484 e. The zero-order valence-electron chi connectivity index (χ0n) is 19.5. The van der Waals surface area contributed by atoms with Crippen LogP contribution < -0.4 is 10.1 Å². The van der Waals surface area contributed by atoms with E-state index in [0.29, 0.717) is 23.7 Å². The Kier molecular flexibility index (Phi) is 6.01. The molecule has 35 heavy (non-hydrogen) atoms. The highest BCUT2D eigenvalue weighted by Gasteiger charge is 2.34. The summed E-state index contributed by atoms with van der Waals surface area (Å²) >= 11 is 0. The predicted octanol–water partition coefficient (Wildman–Crippen LogP) is 4.59. The normalized spacial score (nSPS) is 15.2. The van der Waals surface area contributed by atoms with Gasteiger partial charge in [0.05, 0.1) is 17.1 Å². The fourth-order valence-electron chi connectivity index (χ4n) is 4.07. The number of fused-ring (bicyclic) bond motifs is 1. The van der Waals surface area contributed by atoms with E-state index in [1.807, 2.05) is 55.5 Å². The van der Waals surface area contributed by atoms with E-state index in [0.717, 1.165) is 27.9 Å². The molecule has 8 heteroatoms. The van der Waals surface area contributed by atoms with Gasteiger partial charge in [-0.2, -0.15) is 5.10 Å². The Balaban J connectivity index is 1.37. The molecule has 0 bridgehead atoms. The molecule has 1 aromatic heterocycles. The van der Waals surface area contributed by atoms with Crippen molar-refractivity contribution in [3.05, 3.63) is 89.7 Å². The molecule has 1 unspecified atom stereocenters. The molecule has 0 saturated carbocycles. The highest BCUT2D eigenvalue weighted by atomic mass is 16.5. The molecule has 2 heterocycles. The van der Waals surface area contributed by atoms with Crippen LogP contribution in [0.2, 0.25) is 0 Å². The van der Waals surface area contributed by atoms with Crippen LogP contribution in [0.1, 0.15) is 36.3 Å². The summed E-state index contributed by atoms with van der Waals surface area (Å²) in [6.45, 7) is 3.31. The number of amides is 2. The largest absolute Gasteiger partial charge is 0.484 e. The third kappa shape index (κ3) is 4.91. The highest BCUT2D eigenvalue weighted by Crippen LogP contribution is 2.33. The quantitative estimate of drug-likeness (QED) is 0.433. The topological polar surface area (TPSA) is 99.7 Å². The maximum Gasteiger partial charge on any atom is 0.281 e. The summed E-state index contributed by atoms with van der Waals surface area (Å²) in [7, 11) is 0. The number of carbonyl (C=O) groups excluding carboxylic acids is 2.